The third kappa shape index (κ3) is 3.72. The van der Waals surface area contributed by atoms with Crippen molar-refractivity contribution in [2.75, 3.05) is 7.05 Å². The van der Waals surface area contributed by atoms with Gasteiger partial charge in [0.15, 0.2) is 0 Å². The molecule has 0 saturated heterocycles. The summed E-state index contributed by atoms with van der Waals surface area (Å²) in [6, 6.07) is 7.66. The van der Waals surface area contributed by atoms with Crippen molar-refractivity contribution in [3.05, 3.63) is 65.0 Å². The first-order chi connectivity index (χ1) is 9.92. The molecule has 110 valence electrons. The molecule has 0 fully saturated rings. The molecule has 0 spiro atoms. The standard InChI is InChI=1S/C17H18F2N2/c1-17(2,11-20-3)16-15(19)9-13(10-21-16)8-12-4-6-14(18)7-5-12/h4-7,9-11H,8H2,1-3H3/b20-11+. The van der Waals surface area contributed by atoms with Gasteiger partial charge >= 0.3 is 0 Å². The van der Waals surface area contributed by atoms with E-state index >= 15 is 0 Å². The van der Waals surface area contributed by atoms with Crippen molar-refractivity contribution in [1.29, 1.82) is 0 Å². The number of aliphatic imine (C=N–C) groups is 1. The number of hydrogen-bond donors (Lipinski definition) is 0. The van der Waals surface area contributed by atoms with Crippen molar-refractivity contribution in [1.82, 2.24) is 4.98 Å². The number of pyridine rings is 1. The van der Waals surface area contributed by atoms with E-state index in [1.807, 2.05) is 13.8 Å². The van der Waals surface area contributed by atoms with Gasteiger partial charge in [0.1, 0.15) is 11.6 Å². The predicted molar refractivity (Wildman–Crippen MR) is 80.8 cm³/mol. The molecular weight excluding hydrogens is 270 g/mol. The lowest BCUT2D eigenvalue weighted by atomic mass is 9.89. The van der Waals surface area contributed by atoms with Crippen LogP contribution in [0.5, 0.6) is 0 Å². The van der Waals surface area contributed by atoms with E-state index in [4.69, 9.17) is 0 Å². The zero-order valence-corrected chi connectivity index (χ0v) is 12.4. The highest BCUT2D eigenvalue weighted by atomic mass is 19.1. The molecule has 0 bridgehead atoms. The normalized spacial score (nSPS) is 12.0. The number of nitrogens with zero attached hydrogens (tertiary/aromatic N) is 2. The topological polar surface area (TPSA) is 25.2 Å². The highest BCUT2D eigenvalue weighted by molar-refractivity contribution is 5.71. The molecule has 0 N–H and O–H groups in total. The smallest absolute Gasteiger partial charge is 0.145 e. The molecule has 1 heterocycles. The number of hydrogen-bond acceptors (Lipinski definition) is 2. The molecule has 0 aliphatic carbocycles. The SMILES string of the molecule is C/N=C/C(C)(C)c1ncc(Cc2ccc(F)cc2)cc1F. The van der Waals surface area contributed by atoms with Crippen LogP contribution in [0.4, 0.5) is 8.78 Å². The van der Waals surface area contributed by atoms with E-state index in [-0.39, 0.29) is 11.6 Å². The molecule has 0 aliphatic heterocycles. The Kier molecular flexibility index (Phi) is 4.46. The fourth-order valence-electron chi connectivity index (χ4n) is 2.27. The molecule has 0 atom stereocenters. The fourth-order valence-corrected chi connectivity index (χ4v) is 2.27. The van der Waals surface area contributed by atoms with Crippen molar-refractivity contribution in [3.8, 4) is 0 Å². The Morgan fingerprint density at radius 3 is 2.38 bits per heavy atom. The summed E-state index contributed by atoms with van der Waals surface area (Å²) in [6.07, 6.45) is 3.86. The van der Waals surface area contributed by atoms with Crippen LogP contribution < -0.4 is 0 Å². The van der Waals surface area contributed by atoms with Crippen LogP contribution in [0.2, 0.25) is 0 Å². The van der Waals surface area contributed by atoms with E-state index in [9.17, 15) is 8.78 Å². The van der Waals surface area contributed by atoms with Gasteiger partial charge in [-0.2, -0.15) is 0 Å². The Morgan fingerprint density at radius 1 is 1.14 bits per heavy atom. The predicted octanol–water partition coefficient (Wildman–Crippen LogP) is 3.93. The molecule has 0 amide bonds. The first kappa shape index (κ1) is 15.3. The highest BCUT2D eigenvalue weighted by Crippen LogP contribution is 2.23. The Balaban J connectivity index is 2.25. The summed E-state index contributed by atoms with van der Waals surface area (Å²) in [7, 11) is 1.66. The lowest BCUT2D eigenvalue weighted by Gasteiger charge is -2.19. The van der Waals surface area contributed by atoms with Gasteiger partial charge in [0.2, 0.25) is 0 Å². The summed E-state index contributed by atoms with van der Waals surface area (Å²) in [6.45, 7) is 3.73. The van der Waals surface area contributed by atoms with Crippen LogP contribution in [-0.4, -0.2) is 18.2 Å². The van der Waals surface area contributed by atoms with E-state index in [0.717, 1.165) is 11.1 Å². The molecule has 2 nitrogen and oxygen atoms in total. The maximum Gasteiger partial charge on any atom is 0.145 e. The first-order valence-electron chi connectivity index (χ1n) is 6.75. The van der Waals surface area contributed by atoms with Gasteiger partial charge in [0, 0.05) is 24.9 Å². The van der Waals surface area contributed by atoms with Crippen LogP contribution >= 0.6 is 0 Å². The molecule has 4 heteroatoms. The van der Waals surface area contributed by atoms with Crippen LogP contribution in [0.3, 0.4) is 0 Å². The molecule has 1 aromatic carbocycles. The third-order valence-corrected chi connectivity index (χ3v) is 3.28. The minimum Gasteiger partial charge on any atom is -0.300 e. The molecular formula is C17H18F2N2. The van der Waals surface area contributed by atoms with E-state index in [1.54, 1.807) is 31.6 Å². The molecule has 21 heavy (non-hydrogen) atoms. The van der Waals surface area contributed by atoms with Crippen LogP contribution in [0.25, 0.3) is 0 Å². The summed E-state index contributed by atoms with van der Waals surface area (Å²) in [5, 5.41) is 0. The molecule has 2 aromatic rings. The average Bonchev–Trinajstić information content (AvgIpc) is 2.41. The van der Waals surface area contributed by atoms with Crippen molar-refractivity contribution in [2.24, 2.45) is 4.99 Å². The van der Waals surface area contributed by atoms with Crippen LogP contribution in [0.15, 0.2) is 41.5 Å². The first-order valence-corrected chi connectivity index (χ1v) is 6.75. The molecule has 1 aromatic heterocycles. The highest BCUT2D eigenvalue weighted by Gasteiger charge is 2.23. The Morgan fingerprint density at radius 2 is 1.81 bits per heavy atom. The van der Waals surface area contributed by atoms with E-state index < -0.39 is 5.41 Å². The van der Waals surface area contributed by atoms with E-state index in [2.05, 4.69) is 9.98 Å². The fraction of sp³-hybridized carbons (Fsp3) is 0.294. The molecule has 0 unspecified atom stereocenters. The Bertz CT molecular complexity index is 646. The zero-order valence-electron chi connectivity index (χ0n) is 12.4. The summed E-state index contributed by atoms with van der Waals surface area (Å²) >= 11 is 0. The van der Waals surface area contributed by atoms with Crippen LogP contribution in [-0.2, 0) is 11.8 Å². The second kappa shape index (κ2) is 6.12. The second-order valence-corrected chi connectivity index (χ2v) is 5.59. The van der Waals surface area contributed by atoms with E-state index in [0.29, 0.717) is 12.1 Å². The maximum absolute atomic E-state index is 14.3. The monoisotopic (exact) mass is 288 g/mol. The van der Waals surface area contributed by atoms with Gasteiger partial charge in [-0.05, 0) is 49.6 Å². The Labute approximate surface area is 123 Å². The molecule has 2 rings (SSSR count). The maximum atomic E-state index is 14.3. The summed E-state index contributed by atoms with van der Waals surface area (Å²) in [4.78, 5) is 8.20. The summed E-state index contributed by atoms with van der Waals surface area (Å²) in [5.41, 5.74) is 1.50. The number of halogens is 2. The lowest BCUT2D eigenvalue weighted by Crippen LogP contribution is -2.22. The third-order valence-electron chi connectivity index (χ3n) is 3.28. The summed E-state index contributed by atoms with van der Waals surface area (Å²) in [5.74, 6) is -0.626. The minimum absolute atomic E-state index is 0.279. The van der Waals surface area contributed by atoms with Crippen molar-refractivity contribution in [3.63, 3.8) is 0 Å². The van der Waals surface area contributed by atoms with Crippen molar-refractivity contribution in [2.45, 2.75) is 25.7 Å². The van der Waals surface area contributed by atoms with Gasteiger partial charge in [0.25, 0.3) is 0 Å². The molecule has 0 aliphatic rings. The van der Waals surface area contributed by atoms with Crippen molar-refractivity contribution >= 4 is 6.21 Å². The van der Waals surface area contributed by atoms with Crippen molar-refractivity contribution < 1.29 is 8.78 Å². The second-order valence-electron chi connectivity index (χ2n) is 5.59. The zero-order chi connectivity index (χ0) is 15.5. The van der Waals surface area contributed by atoms with Crippen LogP contribution in [0.1, 0.15) is 30.7 Å². The number of rotatable bonds is 4. The Hall–Kier alpha value is -2.10. The quantitative estimate of drug-likeness (QED) is 0.783. The van der Waals surface area contributed by atoms with Gasteiger partial charge in [-0.1, -0.05) is 12.1 Å². The molecule has 0 radical (unpaired) electrons. The average molecular weight is 288 g/mol. The van der Waals surface area contributed by atoms with Gasteiger partial charge in [-0.15, -0.1) is 0 Å². The number of aromatic nitrogens is 1. The largest absolute Gasteiger partial charge is 0.300 e. The molecule has 0 saturated carbocycles. The summed E-state index contributed by atoms with van der Waals surface area (Å²) < 4.78 is 27.1. The number of benzene rings is 1. The van der Waals surface area contributed by atoms with Gasteiger partial charge in [-0.25, -0.2) is 8.78 Å². The minimum atomic E-state index is -0.548. The van der Waals surface area contributed by atoms with Crippen LogP contribution in [0, 0.1) is 11.6 Å². The van der Waals surface area contributed by atoms with Gasteiger partial charge in [-0.3, -0.25) is 9.98 Å². The van der Waals surface area contributed by atoms with Gasteiger partial charge in [0.05, 0.1) is 5.69 Å². The van der Waals surface area contributed by atoms with Gasteiger partial charge < -0.3 is 0 Å². The van der Waals surface area contributed by atoms with E-state index in [1.165, 1.54) is 18.2 Å². The lowest BCUT2D eigenvalue weighted by molar-refractivity contribution is 0.557.